The molecular weight excluding hydrogens is 754 g/mol. The first-order valence-electron chi connectivity index (χ1n) is 17.4. The quantitative estimate of drug-likeness (QED) is 0.271. The van der Waals surface area contributed by atoms with Crippen LogP contribution in [0, 0.1) is 11.8 Å². The summed E-state index contributed by atoms with van der Waals surface area (Å²) in [5.74, 6) is -0.138. The fourth-order valence-corrected chi connectivity index (χ4v) is 9.93. The molecule has 1 saturated carbocycles. The fourth-order valence-electron chi connectivity index (χ4n) is 7.85. The molecule has 0 radical (unpaired) electrons. The Labute approximate surface area is 313 Å². The van der Waals surface area contributed by atoms with E-state index in [-0.39, 0.29) is 34.5 Å². The second-order valence-corrected chi connectivity index (χ2v) is 17.8. The van der Waals surface area contributed by atoms with Crippen molar-refractivity contribution in [2.24, 2.45) is 16.2 Å². The van der Waals surface area contributed by atoms with Crippen LogP contribution in [0.2, 0.25) is 5.02 Å². The van der Waals surface area contributed by atoms with Crippen molar-refractivity contribution in [3.05, 3.63) is 99.0 Å². The third kappa shape index (κ3) is 7.25. The van der Waals surface area contributed by atoms with Crippen molar-refractivity contribution in [1.29, 1.82) is 0 Å². The summed E-state index contributed by atoms with van der Waals surface area (Å²) in [5.41, 5.74) is 1.77. The maximum atomic E-state index is 15.1. The maximum absolute atomic E-state index is 15.1. The molecule has 9 nitrogen and oxygen atoms in total. The van der Waals surface area contributed by atoms with Gasteiger partial charge in [0.1, 0.15) is 11.4 Å². The first-order chi connectivity index (χ1) is 24.4. The van der Waals surface area contributed by atoms with Gasteiger partial charge in [0, 0.05) is 40.7 Å². The van der Waals surface area contributed by atoms with E-state index in [0.717, 1.165) is 53.8 Å². The number of aryl methyl sites for hydroxylation is 1. The van der Waals surface area contributed by atoms with E-state index in [4.69, 9.17) is 25.8 Å². The SMILES string of the molecule is CO[C@H]1/C=C\COC(C)(C)C(=O)N=S(=O)(NC(=O)c2ccc(Br)cc2)c2ccc3c(c2)N(C[C@@H]2CC[C@H]21)C[C@@]1(CCCc2cc(Cl)ccc21)CO3. The normalized spacial score (nSPS) is 29.3. The number of amides is 2. The van der Waals surface area contributed by atoms with Crippen molar-refractivity contribution in [1.82, 2.24) is 4.72 Å². The van der Waals surface area contributed by atoms with Gasteiger partial charge in [-0.15, -0.1) is 4.36 Å². The van der Waals surface area contributed by atoms with E-state index in [0.29, 0.717) is 24.8 Å². The molecular formula is C39H43BrClN3O6S. The lowest BCUT2D eigenvalue weighted by Gasteiger charge is -2.46. The average molecular weight is 797 g/mol. The summed E-state index contributed by atoms with van der Waals surface area (Å²) in [6.45, 7) is 5.15. The smallest absolute Gasteiger partial charge is 0.287 e. The second-order valence-electron chi connectivity index (χ2n) is 14.5. The van der Waals surface area contributed by atoms with Crippen LogP contribution in [0.3, 0.4) is 0 Å². The van der Waals surface area contributed by atoms with Gasteiger partial charge in [0.05, 0.1) is 29.9 Å². The summed E-state index contributed by atoms with van der Waals surface area (Å²) in [6.07, 6.45) is 8.74. The highest BCUT2D eigenvalue weighted by Crippen LogP contribution is 2.47. The molecule has 2 aliphatic heterocycles. The van der Waals surface area contributed by atoms with Crippen LogP contribution >= 0.6 is 27.5 Å². The number of anilines is 1. The molecule has 0 aromatic heterocycles. The summed E-state index contributed by atoms with van der Waals surface area (Å²) in [6, 6.07) is 18.1. The topological polar surface area (TPSA) is 107 Å². The summed E-state index contributed by atoms with van der Waals surface area (Å²) in [7, 11) is -2.14. The van der Waals surface area contributed by atoms with Gasteiger partial charge in [-0.2, -0.15) is 0 Å². The van der Waals surface area contributed by atoms with Gasteiger partial charge in [0.2, 0.25) is 0 Å². The van der Waals surface area contributed by atoms with Crippen molar-refractivity contribution in [3.8, 4) is 5.75 Å². The monoisotopic (exact) mass is 795 g/mol. The highest BCUT2D eigenvalue weighted by molar-refractivity contribution is 9.10. The Morgan fingerprint density at radius 1 is 1.12 bits per heavy atom. The minimum absolute atomic E-state index is 0.114. The van der Waals surface area contributed by atoms with Crippen molar-refractivity contribution >= 4 is 54.9 Å². The van der Waals surface area contributed by atoms with Gasteiger partial charge in [0.15, 0.2) is 9.92 Å². The van der Waals surface area contributed by atoms with E-state index in [2.05, 4.69) is 42.0 Å². The Morgan fingerprint density at radius 3 is 2.67 bits per heavy atom. The van der Waals surface area contributed by atoms with E-state index < -0.39 is 27.3 Å². The zero-order chi connectivity index (χ0) is 36.0. The van der Waals surface area contributed by atoms with Crippen LogP contribution < -0.4 is 14.4 Å². The number of fused-ring (bicyclic) bond motifs is 4. The molecule has 0 saturated heterocycles. The minimum atomic E-state index is -3.87. The molecule has 2 heterocycles. The summed E-state index contributed by atoms with van der Waals surface area (Å²) < 4.78 is 41.4. The number of benzene rings is 3. The molecule has 2 bridgehead atoms. The zero-order valence-corrected chi connectivity index (χ0v) is 32.2. The minimum Gasteiger partial charge on any atom is -0.490 e. The Kier molecular flexibility index (Phi) is 10.1. The number of rotatable bonds is 3. The van der Waals surface area contributed by atoms with Gasteiger partial charge >= 0.3 is 0 Å². The molecule has 2 aliphatic carbocycles. The lowest BCUT2D eigenvalue weighted by atomic mass is 9.68. The Bertz CT molecular complexity index is 1990. The fraction of sp³-hybridized carbons (Fsp3) is 0.436. The van der Waals surface area contributed by atoms with Gasteiger partial charge in [-0.05, 0) is 124 Å². The van der Waals surface area contributed by atoms with Gasteiger partial charge in [-0.3, -0.25) is 14.3 Å². The molecule has 270 valence electrons. The van der Waals surface area contributed by atoms with Crippen molar-refractivity contribution in [2.45, 2.75) is 68.0 Å². The number of hydrogen-bond donors (Lipinski definition) is 1. The van der Waals surface area contributed by atoms with Crippen LogP contribution in [-0.4, -0.2) is 61.1 Å². The second kappa shape index (κ2) is 14.3. The molecule has 3 aromatic carbocycles. The summed E-state index contributed by atoms with van der Waals surface area (Å²) in [5, 5.41) is 0.723. The first-order valence-corrected chi connectivity index (χ1v) is 20.1. The largest absolute Gasteiger partial charge is 0.490 e. The number of nitrogens with one attached hydrogen (secondary N) is 1. The molecule has 3 aromatic rings. The number of halogens is 2. The average Bonchev–Trinajstić information content (AvgIpc) is 3.24. The van der Waals surface area contributed by atoms with Crippen molar-refractivity contribution < 1.29 is 28.0 Å². The molecule has 7 rings (SSSR count). The number of nitrogens with zero attached hydrogens (tertiary/aromatic N) is 2. The van der Waals surface area contributed by atoms with Gasteiger partial charge in [-0.25, -0.2) is 4.21 Å². The zero-order valence-electron chi connectivity index (χ0n) is 29.0. The lowest BCUT2D eigenvalue weighted by molar-refractivity contribution is -0.137. The molecule has 1 spiro atoms. The molecule has 1 N–H and O–H groups in total. The van der Waals surface area contributed by atoms with Gasteiger partial charge < -0.3 is 19.1 Å². The third-order valence-corrected chi connectivity index (χ3v) is 13.4. The van der Waals surface area contributed by atoms with Crippen molar-refractivity contribution in [2.75, 3.05) is 38.3 Å². The van der Waals surface area contributed by atoms with Crippen molar-refractivity contribution in [3.63, 3.8) is 0 Å². The predicted molar refractivity (Wildman–Crippen MR) is 202 cm³/mol. The number of ether oxygens (including phenoxy) is 3. The number of carbonyl (C=O) groups is 2. The standard InChI is InChI=1S/C39H43BrClN3O6S/c1-38(2)37(46)43-51(47,42-36(45)25-8-11-28(40)12-9-25)30-14-17-35-33(21-30)44(22-27-10-15-31(27)34(48-3)7-5-19-50-38)23-39(24-49-35)18-4-6-26-20-29(41)13-16-32(26)39/h5,7-9,11-14,16-17,20-21,27,31,34H,4,6,10,15,18-19,22-24H2,1-3H3,(H,42,43,45,46,47)/b7-5-/t27-,31+,34-,39-,51?/m0/s1. The van der Waals surface area contributed by atoms with E-state index in [1.807, 2.05) is 18.2 Å². The third-order valence-electron chi connectivity index (χ3n) is 10.9. The Morgan fingerprint density at radius 2 is 1.92 bits per heavy atom. The number of carbonyl (C=O) groups excluding carboxylic acids is 2. The molecule has 12 heteroatoms. The van der Waals surface area contributed by atoms with Crippen LogP contribution in [0.1, 0.15) is 61.0 Å². The number of methoxy groups -OCH3 is 1. The van der Waals surface area contributed by atoms with E-state index in [1.54, 1.807) is 63.4 Å². The van der Waals surface area contributed by atoms with Crippen LogP contribution in [0.4, 0.5) is 5.69 Å². The summed E-state index contributed by atoms with van der Waals surface area (Å²) in [4.78, 5) is 30.0. The van der Waals surface area contributed by atoms with E-state index in [9.17, 15) is 9.59 Å². The van der Waals surface area contributed by atoms with Crippen LogP contribution in [0.5, 0.6) is 5.75 Å². The highest BCUT2D eigenvalue weighted by Gasteiger charge is 2.44. The maximum Gasteiger partial charge on any atom is 0.287 e. The van der Waals surface area contributed by atoms with E-state index in [1.165, 1.54) is 11.1 Å². The molecule has 5 atom stereocenters. The van der Waals surface area contributed by atoms with E-state index >= 15 is 4.21 Å². The van der Waals surface area contributed by atoms with Crippen LogP contribution in [0.25, 0.3) is 0 Å². The molecule has 2 amide bonds. The predicted octanol–water partition coefficient (Wildman–Crippen LogP) is 7.68. The van der Waals surface area contributed by atoms with Crippen LogP contribution in [-0.2, 0) is 36.0 Å². The Hall–Kier alpha value is -3.22. The lowest BCUT2D eigenvalue weighted by Crippen LogP contribution is -2.49. The van der Waals surface area contributed by atoms with Gasteiger partial charge in [0.25, 0.3) is 11.8 Å². The highest BCUT2D eigenvalue weighted by atomic mass is 79.9. The first kappa shape index (κ1) is 36.2. The van der Waals surface area contributed by atoms with Gasteiger partial charge in [-0.1, -0.05) is 45.7 Å². The van der Waals surface area contributed by atoms with Crippen LogP contribution in [0.15, 0.2) is 86.5 Å². The molecule has 1 fully saturated rings. The number of hydrogen-bond acceptors (Lipinski definition) is 7. The Balaban J connectivity index is 1.37. The molecule has 51 heavy (non-hydrogen) atoms. The molecule has 4 aliphatic rings. The molecule has 1 unspecified atom stereocenters. The summed E-state index contributed by atoms with van der Waals surface area (Å²) >= 11 is 9.86.